The molecule has 0 radical (unpaired) electrons. The zero-order valence-corrected chi connectivity index (χ0v) is 12.5. The average Bonchev–Trinajstić information content (AvgIpc) is 2.48. The maximum atomic E-state index is 4.15. The van der Waals surface area contributed by atoms with E-state index in [4.69, 9.17) is 0 Å². The number of benzene rings is 1. The number of nitrogens with one attached hydrogen (secondary N) is 1. The maximum Gasteiger partial charge on any atom is 0.0441 e. The van der Waals surface area contributed by atoms with Crippen LogP contribution in [0.5, 0.6) is 0 Å². The number of rotatable bonds is 6. The highest BCUT2D eigenvalue weighted by Crippen LogP contribution is 2.19. The third kappa shape index (κ3) is 3.81. The summed E-state index contributed by atoms with van der Waals surface area (Å²) in [5.41, 5.74) is 3.77. The maximum absolute atomic E-state index is 4.15. The van der Waals surface area contributed by atoms with E-state index in [-0.39, 0.29) is 0 Å². The van der Waals surface area contributed by atoms with Gasteiger partial charge in [0.2, 0.25) is 0 Å². The lowest BCUT2D eigenvalue weighted by Gasteiger charge is -2.20. The van der Waals surface area contributed by atoms with Crippen molar-refractivity contribution < 1.29 is 0 Å². The lowest BCUT2D eigenvalue weighted by Crippen LogP contribution is -2.18. The van der Waals surface area contributed by atoms with E-state index in [1.165, 1.54) is 16.8 Å². The Hall–Kier alpha value is -1.87. The smallest absolute Gasteiger partial charge is 0.0441 e. The molecule has 20 heavy (non-hydrogen) atoms. The summed E-state index contributed by atoms with van der Waals surface area (Å²) in [5, 5.41) is 3.43. The number of hydrogen-bond acceptors (Lipinski definition) is 3. The SMILES string of the molecule is CCNC(C)c1ccc(N(C)Cc2cccnc2)cc1. The molecule has 1 N–H and O–H groups in total. The Morgan fingerprint density at radius 3 is 2.55 bits per heavy atom. The van der Waals surface area contributed by atoms with Crippen molar-refractivity contribution in [3.8, 4) is 0 Å². The normalized spacial score (nSPS) is 12.2. The quantitative estimate of drug-likeness (QED) is 0.871. The Labute approximate surface area is 121 Å². The van der Waals surface area contributed by atoms with Gasteiger partial charge < -0.3 is 10.2 Å². The first-order valence-corrected chi connectivity index (χ1v) is 7.14. The highest BCUT2D eigenvalue weighted by molar-refractivity contribution is 5.47. The van der Waals surface area contributed by atoms with Crippen LogP contribution in [0.4, 0.5) is 5.69 Å². The number of pyridine rings is 1. The van der Waals surface area contributed by atoms with Crippen LogP contribution in [0.25, 0.3) is 0 Å². The van der Waals surface area contributed by atoms with Crippen molar-refractivity contribution in [3.63, 3.8) is 0 Å². The predicted octanol–water partition coefficient (Wildman–Crippen LogP) is 3.39. The van der Waals surface area contributed by atoms with E-state index in [0.29, 0.717) is 6.04 Å². The fourth-order valence-electron chi connectivity index (χ4n) is 2.30. The Morgan fingerprint density at radius 2 is 1.95 bits per heavy atom. The minimum Gasteiger partial charge on any atom is -0.370 e. The number of anilines is 1. The molecule has 2 aromatic rings. The Bertz CT molecular complexity index is 508. The van der Waals surface area contributed by atoms with Crippen LogP contribution < -0.4 is 10.2 Å². The van der Waals surface area contributed by atoms with Crippen molar-refractivity contribution in [2.24, 2.45) is 0 Å². The fourth-order valence-corrected chi connectivity index (χ4v) is 2.30. The molecule has 0 spiro atoms. The molecule has 1 unspecified atom stereocenters. The summed E-state index contributed by atoms with van der Waals surface area (Å²) < 4.78 is 0. The molecule has 0 amide bonds. The second-order valence-corrected chi connectivity index (χ2v) is 5.09. The van der Waals surface area contributed by atoms with Gasteiger partial charge in [-0.05, 0) is 42.8 Å². The van der Waals surface area contributed by atoms with Crippen molar-refractivity contribution >= 4 is 5.69 Å². The molecule has 0 saturated carbocycles. The van der Waals surface area contributed by atoms with E-state index in [2.05, 4.69) is 66.4 Å². The summed E-state index contributed by atoms with van der Waals surface area (Å²) in [4.78, 5) is 6.39. The summed E-state index contributed by atoms with van der Waals surface area (Å²) in [7, 11) is 2.11. The van der Waals surface area contributed by atoms with Crippen LogP contribution in [-0.4, -0.2) is 18.6 Å². The van der Waals surface area contributed by atoms with Gasteiger partial charge in [0.15, 0.2) is 0 Å². The molecule has 0 fully saturated rings. The third-order valence-electron chi connectivity index (χ3n) is 3.49. The first kappa shape index (κ1) is 14.5. The molecule has 2 rings (SSSR count). The minimum atomic E-state index is 0.401. The van der Waals surface area contributed by atoms with Gasteiger partial charge in [-0.25, -0.2) is 0 Å². The number of aromatic nitrogens is 1. The fraction of sp³-hybridized carbons (Fsp3) is 0.353. The molecule has 106 valence electrons. The molecule has 1 atom stereocenters. The number of hydrogen-bond donors (Lipinski definition) is 1. The average molecular weight is 269 g/mol. The monoisotopic (exact) mass is 269 g/mol. The van der Waals surface area contributed by atoms with Crippen LogP contribution >= 0.6 is 0 Å². The Morgan fingerprint density at radius 1 is 1.20 bits per heavy atom. The van der Waals surface area contributed by atoms with Crippen LogP contribution in [0.15, 0.2) is 48.8 Å². The first-order valence-electron chi connectivity index (χ1n) is 7.14. The van der Waals surface area contributed by atoms with E-state index in [9.17, 15) is 0 Å². The molecule has 1 aromatic heterocycles. The molecule has 3 heteroatoms. The Balaban J connectivity index is 2.02. The Kier molecular flexibility index (Phi) is 5.13. The van der Waals surface area contributed by atoms with Gasteiger partial charge in [-0.2, -0.15) is 0 Å². The van der Waals surface area contributed by atoms with E-state index < -0.39 is 0 Å². The van der Waals surface area contributed by atoms with E-state index in [1.807, 2.05) is 12.3 Å². The lowest BCUT2D eigenvalue weighted by molar-refractivity contribution is 0.598. The third-order valence-corrected chi connectivity index (χ3v) is 3.49. The largest absolute Gasteiger partial charge is 0.370 e. The van der Waals surface area contributed by atoms with Gasteiger partial charge in [-0.3, -0.25) is 4.98 Å². The van der Waals surface area contributed by atoms with Crippen molar-refractivity contribution in [2.75, 3.05) is 18.5 Å². The van der Waals surface area contributed by atoms with Gasteiger partial charge in [-0.1, -0.05) is 25.1 Å². The van der Waals surface area contributed by atoms with Gasteiger partial charge >= 0.3 is 0 Å². The van der Waals surface area contributed by atoms with Crippen molar-refractivity contribution in [1.29, 1.82) is 0 Å². The van der Waals surface area contributed by atoms with Crippen molar-refractivity contribution in [3.05, 3.63) is 59.9 Å². The number of nitrogens with zero attached hydrogens (tertiary/aromatic N) is 2. The van der Waals surface area contributed by atoms with Crippen LogP contribution in [-0.2, 0) is 6.54 Å². The molecule has 1 heterocycles. The summed E-state index contributed by atoms with van der Waals surface area (Å²) in [5.74, 6) is 0. The van der Waals surface area contributed by atoms with Gasteiger partial charge in [0, 0.05) is 37.7 Å². The van der Waals surface area contributed by atoms with Crippen molar-refractivity contribution in [1.82, 2.24) is 10.3 Å². The van der Waals surface area contributed by atoms with Gasteiger partial charge in [-0.15, -0.1) is 0 Å². The van der Waals surface area contributed by atoms with Gasteiger partial charge in [0.25, 0.3) is 0 Å². The van der Waals surface area contributed by atoms with Crippen LogP contribution in [0, 0.1) is 0 Å². The lowest BCUT2D eigenvalue weighted by atomic mass is 10.1. The molecular formula is C17H23N3. The molecule has 3 nitrogen and oxygen atoms in total. The van der Waals surface area contributed by atoms with E-state index in [1.54, 1.807) is 6.20 Å². The summed E-state index contributed by atoms with van der Waals surface area (Å²) >= 11 is 0. The van der Waals surface area contributed by atoms with Crippen LogP contribution in [0.3, 0.4) is 0 Å². The molecule has 0 saturated heterocycles. The second-order valence-electron chi connectivity index (χ2n) is 5.09. The van der Waals surface area contributed by atoms with Crippen LogP contribution in [0.1, 0.15) is 31.0 Å². The van der Waals surface area contributed by atoms with Crippen LogP contribution in [0.2, 0.25) is 0 Å². The minimum absolute atomic E-state index is 0.401. The topological polar surface area (TPSA) is 28.2 Å². The highest BCUT2D eigenvalue weighted by atomic mass is 15.1. The first-order chi connectivity index (χ1) is 9.70. The standard InChI is InChI=1S/C17H23N3/c1-4-19-14(2)16-7-9-17(10-8-16)20(3)13-15-6-5-11-18-12-15/h5-12,14,19H,4,13H2,1-3H3. The van der Waals surface area contributed by atoms with Gasteiger partial charge in [0.1, 0.15) is 0 Å². The highest BCUT2D eigenvalue weighted by Gasteiger charge is 2.05. The zero-order chi connectivity index (χ0) is 14.4. The molecule has 0 aliphatic rings. The van der Waals surface area contributed by atoms with E-state index in [0.717, 1.165) is 13.1 Å². The second kappa shape index (κ2) is 7.06. The molecule has 0 bridgehead atoms. The molecular weight excluding hydrogens is 246 g/mol. The molecule has 0 aliphatic carbocycles. The van der Waals surface area contributed by atoms with Gasteiger partial charge in [0.05, 0.1) is 0 Å². The summed E-state index contributed by atoms with van der Waals surface area (Å²) in [6.45, 7) is 6.18. The molecule has 0 aliphatic heterocycles. The summed E-state index contributed by atoms with van der Waals surface area (Å²) in [6.07, 6.45) is 3.72. The predicted molar refractivity (Wildman–Crippen MR) is 84.9 cm³/mol. The van der Waals surface area contributed by atoms with E-state index >= 15 is 0 Å². The summed E-state index contributed by atoms with van der Waals surface area (Å²) in [6, 6.07) is 13.2. The zero-order valence-electron chi connectivity index (χ0n) is 12.5. The molecule has 1 aromatic carbocycles. The van der Waals surface area contributed by atoms with Crippen molar-refractivity contribution in [2.45, 2.75) is 26.4 Å².